The Morgan fingerprint density at radius 1 is 1.38 bits per heavy atom. The van der Waals surface area contributed by atoms with E-state index >= 15 is 0 Å². The topological polar surface area (TPSA) is 28.2 Å². The zero-order chi connectivity index (χ0) is 14.7. The molecule has 21 heavy (non-hydrogen) atoms. The lowest BCUT2D eigenvalue weighted by molar-refractivity contribution is 0.711. The third-order valence-corrected chi connectivity index (χ3v) is 5.41. The summed E-state index contributed by atoms with van der Waals surface area (Å²) in [6.07, 6.45) is 1.23. The number of rotatable bonds is 4. The van der Waals surface area contributed by atoms with Crippen molar-refractivity contribution in [2.75, 3.05) is 30.8 Å². The largest absolute Gasteiger partial charge is 0.354 e. The first kappa shape index (κ1) is 14.7. The van der Waals surface area contributed by atoms with E-state index in [-0.39, 0.29) is 0 Å². The first-order valence-corrected chi connectivity index (χ1v) is 8.76. The monoisotopic (exact) mass is 301 g/mol. The van der Waals surface area contributed by atoms with Crippen LogP contribution in [0.25, 0.3) is 10.9 Å². The third kappa shape index (κ3) is 3.16. The Morgan fingerprint density at radius 3 is 3.05 bits per heavy atom. The van der Waals surface area contributed by atoms with Crippen LogP contribution in [0.3, 0.4) is 0 Å². The van der Waals surface area contributed by atoms with Gasteiger partial charge in [0.15, 0.2) is 0 Å². The number of thioether (sulfide) groups is 1. The van der Waals surface area contributed by atoms with Crippen LogP contribution in [0.4, 0.5) is 5.82 Å². The second-order valence-electron chi connectivity index (χ2n) is 5.54. The Labute approximate surface area is 131 Å². The van der Waals surface area contributed by atoms with E-state index in [1.54, 1.807) is 0 Å². The van der Waals surface area contributed by atoms with Gasteiger partial charge in [0.25, 0.3) is 0 Å². The standard InChI is InChI=1S/C17H23N3S/c1-3-15-12-20(8-9-21-15)17-14(11-18-2)10-13-6-4-5-7-16(13)19-17/h4-7,10,15,18H,3,8-9,11-12H2,1-2H3. The molecule has 0 aliphatic carbocycles. The molecule has 1 N–H and O–H groups in total. The highest BCUT2D eigenvalue weighted by Gasteiger charge is 2.22. The molecular weight excluding hydrogens is 278 g/mol. The molecule has 0 saturated carbocycles. The van der Waals surface area contributed by atoms with Crippen LogP contribution in [-0.2, 0) is 6.54 Å². The van der Waals surface area contributed by atoms with Crippen molar-refractivity contribution in [3.63, 3.8) is 0 Å². The Morgan fingerprint density at radius 2 is 2.24 bits per heavy atom. The molecule has 0 spiro atoms. The van der Waals surface area contributed by atoms with Crippen LogP contribution in [0.5, 0.6) is 0 Å². The Balaban J connectivity index is 2.00. The Kier molecular flexibility index (Phi) is 4.66. The molecule has 2 heterocycles. The zero-order valence-electron chi connectivity index (χ0n) is 12.8. The van der Waals surface area contributed by atoms with Crippen molar-refractivity contribution < 1.29 is 0 Å². The lowest BCUT2D eigenvalue weighted by Gasteiger charge is -2.34. The number of nitrogens with zero attached hydrogens (tertiary/aromatic N) is 2. The minimum Gasteiger partial charge on any atom is -0.354 e. The summed E-state index contributed by atoms with van der Waals surface area (Å²) in [5.41, 5.74) is 2.40. The molecule has 4 heteroatoms. The molecule has 1 aliphatic heterocycles. The van der Waals surface area contributed by atoms with Crippen molar-refractivity contribution in [1.29, 1.82) is 0 Å². The summed E-state index contributed by atoms with van der Waals surface area (Å²) in [5, 5.41) is 5.24. The Hall–Kier alpha value is -1.26. The van der Waals surface area contributed by atoms with E-state index in [1.807, 2.05) is 7.05 Å². The van der Waals surface area contributed by atoms with Crippen LogP contribution in [-0.4, -0.2) is 36.1 Å². The van der Waals surface area contributed by atoms with Crippen molar-refractivity contribution in [2.45, 2.75) is 25.1 Å². The number of para-hydroxylation sites is 1. The van der Waals surface area contributed by atoms with Gasteiger partial charge < -0.3 is 10.2 Å². The predicted molar refractivity (Wildman–Crippen MR) is 93.3 cm³/mol. The molecule has 3 nitrogen and oxygen atoms in total. The number of fused-ring (bicyclic) bond motifs is 1. The summed E-state index contributed by atoms with van der Waals surface area (Å²) in [7, 11) is 2.00. The molecule has 2 aromatic rings. The molecule has 0 radical (unpaired) electrons. The maximum absolute atomic E-state index is 4.96. The van der Waals surface area contributed by atoms with Gasteiger partial charge in [-0.05, 0) is 25.6 Å². The summed E-state index contributed by atoms with van der Waals surface area (Å²) < 4.78 is 0. The number of aromatic nitrogens is 1. The minimum absolute atomic E-state index is 0.731. The summed E-state index contributed by atoms with van der Waals surface area (Å²) in [6, 6.07) is 10.7. The van der Waals surface area contributed by atoms with Crippen LogP contribution < -0.4 is 10.2 Å². The van der Waals surface area contributed by atoms with Crippen molar-refractivity contribution in [1.82, 2.24) is 10.3 Å². The van der Waals surface area contributed by atoms with Crippen molar-refractivity contribution >= 4 is 28.5 Å². The lowest BCUT2D eigenvalue weighted by Crippen LogP contribution is -2.39. The predicted octanol–water partition coefficient (Wildman–Crippen LogP) is 3.29. The molecule has 1 aromatic carbocycles. The second-order valence-corrected chi connectivity index (χ2v) is 6.95. The van der Waals surface area contributed by atoms with E-state index in [2.05, 4.69) is 59.2 Å². The van der Waals surface area contributed by atoms with Crippen LogP contribution in [0.2, 0.25) is 0 Å². The molecule has 1 aromatic heterocycles. The highest BCUT2D eigenvalue weighted by molar-refractivity contribution is 8.00. The smallest absolute Gasteiger partial charge is 0.133 e. The maximum atomic E-state index is 4.96. The van der Waals surface area contributed by atoms with E-state index in [0.717, 1.165) is 30.4 Å². The first-order valence-electron chi connectivity index (χ1n) is 7.71. The molecule has 1 saturated heterocycles. The number of hydrogen-bond acceptors (Lipinski definition) is 4. The van der Waals surface area contributed by atoms with Crippen molar-refractivity contribution in [3.05, 3.63) is 35.9 Å². The highest BCUT2D eigenvalue weighted by Crippen LogP contribution is 2.29. The van der Waals surface area contributed by atoms with E-state index in [4.69, 9.17) is 4.98 Å². The fourth-order valence-corrected chi connectivity index (χ4v) is 4.08. The molecule has 1 fully saturated rings. The van der Waals surface area contributed by atoms with Crippen LogP contribution in [0, 0.1) is 0 Å². The van der Waals surface area contributed by atoms with Gasteiger partial charge in [-0.3, -0.25) is 0 Å². The molecule has 1 atom stereocenters. The SMILES string of the molecule is CCC1CN(c2nc3ccccc3cc2CNC)CCS1. The number of benzene rings is 1. The van der Waals surface area contributed by atoms with E-state index < -0.39 is 0 Å². The fourth-order valence-electron chi connectivity index (χ4n) is 2.90. The average molecular weight is 301 g/mol. The molecule has 112 valence electrons. The summed E-state index contributed by atoms with van der Waals surface area (Å²) >= 11 is 2.10. The van der Waals surface area contributed by atoms with Gasteiger partial charge in [-0.1, -0.05) is 25.1 Å². The van der Waals surface area contributed by atoms with Gasteiger partial charge in [-0.2, -0.15) is 11.8 Å². The van der Waals surface area contributed by atoms with Crippen molar-refractivity contribution in [3.8, 4) is 0 Å². The lowest BCUT2D eigenvalue weighted by atomic mass is 10.1. The molecular formula is C17H23N3S. The van der Waals surface area contributed by atoms with Gasteiger partial charge in [-0.15, -0.1) is 0 Å². The van der Waals surface area contributed by atoms with Crippen LogP contribution in [0.1, 0.15) is 18.9 Å². The third-order valence-electron chi connectivity index (χ3n) is 4.04. The summed E-state index contributed by atoms with van der Waals surface area (Å²) in [4.78, 5) is 7.44. The van der Waals surface area contributed by atoms with Gasteiger partial charge >= 0.3 is 0 Å². The average Bonchev–Trinajstić information content (AvgIpc) is 2.54. The quantitative estimate of drug-likeness (QED) is 0.938. The van der Waals surface area contributed by atoms with Gasteiger partial charge in [0, 0.05) is 41.6 Å². The van der Waals surface area contributed by atoms with Crippen LogP contribution in [0.15, 0.2) is 30.3 Å². The number of pyridine rings is 1. The van der Waals surface area contributed by atoms with Crippen molar-refractivity contribution in [2.24, 2.45) is 0 Å². The zero-order valence-corrected chi connectivity index (χ0v) is 13.6. The van der Waals surface area contributed by atoms with E-state index in [1.165, 1.54) is 28.9 Å². The van der Waals surface area contributed by atoms with E-state index in [9.17, 15) is 0 Å². The molecule has 1 unspecified atom stereocenters. The maximum Gasteiger partial charge on any atom is 0.133 e. The highest BCUT2D eigenvalue weighted by atomic mass is 32.2. The minimum atomic E-state index is 0.731. The normalized spacial score (nSPS) is 19.1. The molecule has 3 rings (SSSR count). The number of anilines is 1. The molecule has 1 aliphatic rings. The fraction of sp³-hybridized carbons (Fsp3) is 0.471. The van der Waals surface area contributed by atoms with E-state index in [0.29, 0.717) is 0 Å². The van der Waals surface area contributed by atoms with Gasteiger partial charge in [0.05, 0.1) is 5.52 Å². The number of nitrogens with one attached hydrogen (secondary N) is 1. The Bertz CT molecular complexity index is 614. The summed E-state index contributed by atoms with van der Waals surface area (Å²) in [6.45, 7) is 5.36. The molecule has 0 bridgehead atoms. The summed E-state index contributed by atoms with van der Waals surface area (Å²) in [5.74, 6) is 2.37. The first-order chi connectivity index (χ1) is 10.3. The van der Waals surface area contributed by atoms with Gasteiger partial charge in [-0.25, -0.2) is 4.98 Å². The van der Waals surface area contributed by atoms with Crippen LogP contribution >= 0.6 is 11.8 Å². The molecule has 0 amide bonds. The number of hydrogen-bond donors (Lipinski definition) is 1. The van der Waals surface area contributed by atoms with Gasteiger partial charge in [0.2, 0.25) is 0 Å². The van der Waals surface area contributed by atoms with Gasteiger partial charge in [0.1, 0.15) is 5.82 Å². The second kappa shape index (κ2) is 6.67.